The number of rotatable bonds is 6. The second kappa shape index (κ2) is 7.18. The SMILES string of the molecule is Cc1ccc(NCCCNC(=O)c2cncc(=O)[nH]2)nc1. The van der Waals surface area contributed by atoms with E-state index in [0.717, 1.165) is 24.0 Å². The van der Waals surface area contributed by atoms with Crippen LogP contribution in [0.1, 0.15) is 22.5 Å². The average molecular weight is 287 g/mol. The molecule has 2 rings (SSSR count). The molecule has 0 unspecified atom stereocenters. The number of anilines is 1. The topological polar surface area (TPSA) is 99.8 Å². The van der Waals surface area contributed by atoms with E-state index in [1.54, 1.807) is 6.20 Å². The van der Waals surface area contributed by atoms with E-state index in [1.807, 2.05) is 19.1 Å². The van der Waals surface area contributed by atoms with Gasteiger partial charge < -0.3 is 15.6 Å². The first-order chi connectivity index (χ1) is 10.1. The maximum atomic E-state index is 11.7. The van der Waals surface area contributed by atoms with Gasteiger partial charge in [-0.3, -0.25) is 14.6 Å². The summed E-state index contributed by atoms with van der Waals surface area (Å²) in [6, 6.07) is 3.89. The fourth-order valence-corrected chi connectivity index (χ4v) is 1.67. The minimum absolute atomic E-state index is 0.163. The maximum Gasteiger partial charge on any atom is 0.269 e. The van der Waals surface area contributed by atoms with E-state index in [0.29, 0.717) is 13.1 Å². The lowest BCUT2D eigenvalue weighted by Crippen LogP contribution is -2.28. The molecule has 2 aromatic heterocycles. The molecule has 110 valence electrons. The van der Waals surface area contributed by atoms with Crippen molar-refractivity contribution < 1.29 is 4.79 Å². The molecule has 0 bridgehead atoms. The largest absolute Gasteiger partial charge is 0.370 e. The van der Waals surface area contributed by atoms with Crippen LogP contribution in [-0.4, -0.2) is 33.9 Å². The Balaban J connectivity index is 1.69. The molecule has 0 radical (unpaired) electrons. The molecule has 7 heteroatoms. The van der Waals surface area contributed by atoms with Crippen LogP contribution in [0.2, 0.25) is 0 Å². The molecule has 0 aromatic carbocycles. The van der Waals surface area contributed by atoms with Gasteiger partial charge in [0.05, 0.1) is 12.4 Å². The Labute approximate surface area is 121 Å². The Morgan fingerprint density at radius 2 is 2.10 bits per heavy atom. The Morgan fingerprint density at radius 3 is 2.81 bits per heavy atom. The fourth-order valence-electron chi connectivity index (χ4n) is 1.67. The van der Waals surface area contributed by atoms with Crippen molar-refractivity contribution >= 4 is 11.7 Å². The molecule has 0 aliphatic carbocycles. The van der Waals surface area contributed by atoms with Gasteiger partial charge in [-0.2, -0.15) is 0 Å². The van der Waals surface area contributed by atoms with Gasteiger partial charge in [0.1, 0.15) is 11.5 Å². The Morgan fingerprint density at radius 1 is 1.24 bits per heavy atom. The van der Waals surface area contributed by atoms with Crippen LogP contribution in [0.15, 0.2) is 35.5 Å². The predicted octanol–water partition coefficient (Wildman–Crippen LogP) is 0.705. The summed E-state index contributed by atoms with van der Waals surface area (Å²) in [5, 5.41) is 5.87. The van der Waals surface area contributed by atoms with Crippen LogP contribution in [0, 0.1) is 6.92 Å². The van der Waals surface area contributed by atoms with Gasteiger partial charge in [-0.1, -0.05) is 6.07 Å². The van der Waals surface area contributed by atoms with Crippen molar-refractivity contribution in [2.24, 2.45) is 0 Å². The second-order valence-corrected chi connectivity index (χ2v) is 4.57. The van der Waals surface area contributed by atoms with Crippen LogP contribution in [0.5, 0.6) is 0 Å². The number of carbonyl (C=O) groups excluding carboxylic acids is 1. The normalized spacial score (nSPS) is 10.1. The zero-order valence-corrected chi connectivity index (χ0v) is 11.7. The van der Waals surface area contributed by atoms with Gasteiger partial charge in [0.15, 0.2) is 0 Å². The van der Waals surface area contributed by atoms with Crippen molar-refractivity contribution in [1.29, 1.82) is 0 Å². The molecule has 3 N–H and O–H groups in total. The zero-order valence-electron chi connectivity index (χ0n) is 11.7. The lowest BCUT2D eigenvalue weighted by atomic mass is 10.3. The molecule has 7 nitrogen and oxygen atoms in total. The average Bonchev–Trinajstić information content (AvgIpc) is 2.48. The quantitative estimate of drug-likeness (QED) is 0.679. The Kier molecular flexibility index (Phi) is 5.03. The van der Waals surface area contributed by atoms with Crippen LogP contribution in [-0.2, 0) is 0 Å². The number of carbonyl (C=O) groups is 1. The smallest absolute Gasteiger partial charge is 0.269 e. The van der Waals surface area contributed by atoms with Crippen LogP contribution in [0.4, 0.5) is 5.82 Å². The van der Waals surface area contributed by atoms with Crippen molar-refractivity contribution in [2.75, 3.05) is 18.4 Å². The predicted molar refractivity (Wildman–Crippen MR) is 79.3 cm³/mol. The Hall–Kier alpha value is -2.70. The third-order valence-electron chi connectivity index (χ3n) is 2.75. The van der Waals surface area contributed by atoms with E-state index in [9.17, 15) is 9.59 Å². The first-order valence-electron chi connectivity index (χ1n) is 6.64. The molecule has 0 aliphatic rings. The third-order valence-corrected chi connectivity index (χ3v) is 2.75. The number of aromatic nitrogens is 3. The number of H-pyrrole nitrogens is 1. The Bertz CT molecular complexity index is 651. The molecule has 2 heterocycles. The number of nitrogens with zero attached hydrogens (tertiary/aromatic N) is 2. The fraction of sp³-hybridized carbons (Fsp3) is 0.286. The molecule has 2 aromatic rings. The molecular weight excluding hydrogens is 270 g/mol. The first kappa shape index (κ1) is 14.7. The van der Waals surface area contributed by atoms with Gasteiger partial charge >= 0.3 is 0 Å². The molecular formula is C14H17N5O2. The maximum absolute atomic E-state index is 11.7. The van der Waals surface area contributed by atoms with Gasteiger partial charge in [-0.25, -0.2) is 4.98 Å². The molecule has 0 aliphatic heterocycles. The molecule has 0 spiro atoms. The summed E-state index contributed by atoms with van der Waals surface area (Å²) < 4.78 is 0. The van der Waals surface area contributed by atoms with Crippen molar-refractivity contribution in [1.82, 2.24) is 20.3 Å². The minimum Gasteiger partial charge on any atom is -0.370 e. The van der Waals surface area contributed by atoms with Gasteiger partial charge in [-0.05, 0) is 25.0 Å². The number of hydrogen-bond acceptors (Lipinski definition) is 5. The van der Waals surface area contributed by atoms with Crippen LogP contribution in [0.25, 0.3) is 0 Å². The highest BCUT2D eigenvalue weighted by molar-refractivity contribution is 5.91. The van der Waals surface area contributed by atoms with E-state index in [4.69, 9.17) is 0 Å². The molecule has 0 saturated heterocycles. The molecule has 21 heavy (non-hydrogen) atoms. The van der Waals surface area contributed by atoms with E-state index < -0.39 is 5.56 Å². The summed E-state index contributed by atoms with van der Waals surface area (Å²) in [6.07, 6.45) is 4.98. The number of aromatic amines is 1. The standard InChI is InChI=1S/C14H17N5O2/c1-10-3-4-12(18-7-10)16-5-2-6-17-14(21)11-8-15-9-13(20)19-11/h3-4,7-9H,2,5-6H2,1H3,(H,16,18)(H,17,21)(H,19,20). The highest BCUT2D eigenvalue weighted by atomic mass is 16.2. The van der Waals surface area contributed by atoms with E-state index in [2.05, 4.69) is 25.6 Å². The summed E-state index contributed by atoms with van der Waals surface area (Å²) in [5.74, 6) is 0.470. The highest BCUT2D eigenvalue weighted by Gasteiger charge is 2.05. The first-order valence-corrected chi connectivity index (χ1v) is 6.64. The third kappa shape index (κ3) is 4.72. The van der Waals surface area contributed by atoms with Crippen molar-refractivity contribution in [3.63, 3.8) is 0 Å². The van der Waals surface area contributed by atoms with E-state index >= 15 is 0 Å². The summed E-state index contributed by atoms with van der Waals surface area (Å²) in [7, 11) is 0. The van der Waals surface area contributed by atoms with Gasteiger partial charge in [0, 0.05) is 19.3 Å². The molecule has 1 amide bonds. The summed E-state index contributed by atoms with van der Waals surface area (Å²) in [6.45, 7) is 3.17. The van der Waals surface area contributed by atoms with E-state index in [1.165, 1.54) is 6.20 Å². The van der Waals surface area contributed by atoms with Crippen LogP contribution in [0.3, 0.4) is 0 Å². The van der Waals surface area contributed by atoms with Crippen LogP contribution < -0.4 is 16.2 Å². The lowest BCUT2D eigenvalue weighted by molar-refractivity contribution is 0.0948. The summed E-state index contributed by atoms with van der Waals surface area (Å²) in [5.41, 5.74) is 0.878. The zero-order chi connectivity index (χ0) is 15.1. The van der Waals surface area contributed by atoms with Gasteiger partial charge in [0.25, 0.3) is 11.5 Å². The second-order valence-electron chi connectivity index (χ2n) is 4.57. The molecule has 0 saturated carbocycles. The minimum atomic E-state index is -0.394. The molecule has 0 atom stereocenters. The van der Waals surface area contributed by atoms with Crippen molar-refractivity contribution in [3.05, 3.63) is 52.3 Å². The number of hydrogen-bond donors (Lipinski definition) is 3. The number of pyridine rings is 1. The number of amides is 1. The lowest BCUT2D eigenvalue weighted by Gasteiger charge is -2.07. The number of nitrogens with one attached hydrogen (secondary N) is 3. The monoisotopic (exact) mass is 287 g/mol. The number of aryl methyl sites for hydroxylation is 1. The van der Waals surface area contributed by atoms with Crippen LogP contribution >= 0.6 is 0 Å². The van der Waals surface area contributed by atoms with Gasteiger partial charge in [-0.15, -0.1) is 0 Å². The highest BCUT2D eigenvalue weighted by Crippen LogP contribution is 2.03. The summed E-state index contributed by atoms with van der Waals surface area (Å²) >= 11 is 0. The summed E-state index contributed by atoms with van der Waals surface area (Å²) in [4.78, 5) is 33.1. The van der Waals surface area contributed by atoms with Gasteiger partial charge in [0.2, 0.25) is 0 Å². The van der Waals surface area contributed by atoms with Crippen molar-refractivity contribution in [3.8, 4) is 0 Å². The van der Waals surface area contributed by atoms with E-state index in [-0.39, 0.29) is 11.6 Å². The molecule has 0 fully saturated rings. The van der Waals surface area contributed by atoms with Crippen molar-refractivity contribution in [2.45, 2.75) is 13.3 Å².